The SMILES string of the molecule is Cc1cccc(-n2c3ccc(C)cc3c3cc4c5cc(C)ccc5n(C)c4cc32)c1. The monoisotopic (exact) mass is 388 g/mol. The van der Waals surface area contributed by atoms with E-state index in [1.54, 1.807) is 0 Å². The largest absolute Gasteiger partial charge is 0.344 e. The maximum Gasteiger partial charge on any atom is 0.0562 e. The van der Waals surface area contributed by atoms with E-state index < -0.39 is 0 Å². The first-order valence-corrected chi connectivity index (χ1v) is 10.5. The molecule has 0 aliphatic heterocycles. The van der Waals surface area contributed by atoms with Gasteiger partial charge in [0.15, 0.2) is 0 Å². The lowest BCUT2D eigenvalue weighted by Gasteiger charge is -2.09. The summed E-state index contributed by atoms with van der Waals surface area (Å²) >= 11 is 0. The molecular formula is C28H24N2. The fourth-order valence-electron chi connectivity index (χ4n) is 4.99. The van der Waals surface area contributed by atoms with Crippen molar-refractivity contribution in [3.8, 4) is 5.69 Å². The topological polar surface area (TPSA) is 9.86 Å². The molecule has 0 N–H and O–H groups in total. The summed E-state index contributed by atoms with van der Waals surface area (Å²) in [4.78, 5) is 0. The summed E-state index contributed by atoms with van der Waals surface area (Å²) in [6.45, 7) is 6.50. The predicted octanol–water partition coefficient (Wildman–Crippen LogP) is 7.35. The van der Waals surface area contributed by atoms with Gasteiger partial charge in [-0.05, 0) is 74.9 Å². The highest BCUT2D eigenvalue weighted by molar-refractivity contribution is 6.18. The second kappa shape index (κ2) is 5.99. The van der Waals surface area contributed by atoms with Crippen molar-refractivity contribution in [1.82, 2.24) is 9.13 Å². The second-order valence-corrected chi connectivity index (χ2v) is 8.66. The minimum absolute atomic E-state index is 1.22. The molecule has 0 aliphatic rings. The molecule has 2 heterocycles. The molecule has 4 aromatic carbocycles. The fraction of sp³-hybridized carbons (Fsp3) is 0.143. The Morgan fingerprint density at radius 1 is 0.500 bits per heavy atom. The standard InChI is InChI=1S/C28H24N2/c1-17-6-5-7-20(12-17)30-26-11-9-19(3)14-22(26)24-15-23-21-13-18(2)8-10-25(21)29(4)27(23)16-28(24)30/h5-16H,1-4H3. The number of fused-ring (bicyclic) bond motifs is 6. The molecule has 0 radical (unpaired) electrons. The van der Waals surface area contributed by atoms with Gasteiger partial charge in [-0.15, -0.1) is 0 Å². The molecule has 0 saturated heterocycles. The van der Waals surface area contributed by atoms with Crippen LogP contribution in [0.1, 0.15) is 16.7 Å². The average Bonchev–Trinajstić information content (AvgIpc) is 3.18. The first kappa shape index (κ1) is 17.3. The Bertz CT molecular complexity index is 1630. The maximum atomic E-state index is 2.42. The summed E-state index contributed by atoms with van der Waals surface area (Å²) in [5.41, 5.74) is 10.2. The van der Waals surface area contributed by atoms with Crippen LogP contribution in [0.2, 0.25) is 0 Å². The van der Waals surface area contributed by atoms with E-state index in [1.165, 1.54) is 66.0 Å². The smallest absolute Gasteiger partial charge is 0.0562 e. The molecule has 2 heteroatoms. The van der Waals surface area contributed by atoms with Gasteiger partial charge in [-0.1, -0.05) is 35.4 Å². The first-order chi connectivity index (χ1) is 14.5. The van der Waals surface area contributed by atoms with Crippen molar-refractivity contribution in [2.45, 2.75) is 20.8 Å². The van der Waals surface area contributed by atoms with Crippen LogP contribution in [-0.2, 0) is 7.05 Å². The maximum absolute atomic E-state index is 2.42. The number of hydrogen-bond acceptors (Lipinski definition) is 0. The van der Waals surface area contributed by atoms with Crippen LogP contribution in [0.4, 0.5) is 0 Å². The second-order valence-electron chi connectivity index (χ2n) is 8.66. The molecule has 0 spiro atoms. The predicted molar refractivity (Wildman–Crippen MR) is 129 cm³/mol. The quantitative estimate of drug-likeness (QED) is 0.279. The molecule has 30 heavy (non-hydrogen) atoms. The van der Waals surface area contributed by atoms with E-state index in [4.69, 9.17) is 0 Å². The lowest BCUT2D eigenvalue weighted by molar-refractivity contribution is 1.01. The van der Waals surface area contributed by atoms with Crippen molar-refractivity contribution in [1.29, 1.82) is 0 Å². The molecule has 6 rings (SSSR count). The van der Waals surface area contributed by atoms with Gasteiger partial charge in [0.1, 0.15) is 0 Å². The Kier molecular flexibility index (Phi) is 3.47. The highest BCUT2D eigenvalue weighted by atomic mass is 15.0. The van der Waals surface area contributed by atoms with E-state index in [9.17, 15) is 0 Å². The van der Waals surface area contributed by atoms with Gasteiger partial charge in [0.05, 0.1) is 16.6 Å². The lowest BCUT2D eigenvalue weighted by atomic mass is 10.1. The number of aryl methyl sites for hydroxylation is 4. The molecule has 0 fully saturated rings. The Morgan fingerprint density at radius 2 is 1.10 bits per heavy atom. The van der Waals surface area contributed by atoms with Crippen molar-refractivity contribution < 1.29 is 0 Å². The Balaban J connectivity index is 1.85. The van der Waals surface area contributed by atoms with Crippen LogP contribution in [0.3, 0.4) is 0 Å². The van der Waals surface area contributed by atoms with Crippen molar-refractivity contribution >= 4 is 43.6 Å². The molecule has 2 aromatic heterocycles. The van der Waals surface area contributed by atoms with E-state index in [0.717, 1.165) is 0 Å². The van der Waals surface area contributed by atoms with Crippen LogP contribution in [0.5, 0.6) is 0 Å². The molecule has 0 unspecified atom stereocenters. The van der Waals surface area contributed by atoms with E-state index in [-0.39, 0.29) is 0 Å². The number of benzene rings is 4. The molecule has 0 amide bonds. The highest BCUT2D eigenvalue weighted by Gasteiger charge is 2.17. The average molecular weight is 389 g/mol. The third kappa shape index (κ3) is 2.31. The number of nitrogens with zero attached hydrogens (tertiary/aromatic N) is 2. The summed E-state index contributed by atoms with van der Waals surface area (Å²) in [6.07, 6.45) is 0. The van der Waals surface area contributed by atoms with Gasteiger partial charge < -0.3 is 9.13 Å². The van der Waals surface area contributed by atoms with Gasteiger partial charge >= 0.3 is 0 Å². The zero-order chi connectivity index (χ0) is 20.6. The van der Waals surface area contributed by atoms with Gasteiger partial charge in [-0.2, -0.15) is 0 Å². The van der Waals surface area contributed by atoms with Gasteiger partial charge in [0.25, 0.3) is 0 Å². The van der Waals surface area contributed by atoms with E-state index in [2.05, 4.69) is 110 Å². The van der Waals surface area contributed by atoms with Gasteiger partial charge in [0.2, 0.25) is 0 Å². The zero-order valence-corrected chi connectivity index (χ0v) is 17.8. The number of aromatic nitrogens is 2. The van der Waals surface area contributed by atoms with Gasteiger partial charge in [-0.25, -0.2) is 0 Å². The van der Waals surface area contributed by atoms with Crippen molar-refractivity contribution in [2.24, 2.45) is 7.05 Å². The molecule has 0 aliphatic carbocycles. The van der Waals surface area contributed by atoms with Crippen molar-refractivity contribution in [2.75, 3.05) is 0 Å². The van der Waals surface area contributed by atoms with Crippen LogP contribution in [-0.4, -0.2) is 9.13 Å². The summed E-state index contributed by atoms with van der Waals surface area (Å²) in [7, 11) is 2.18. The minimum atomic E-state index is 1.22. The van der Waals surface area contributed by atoms with E-state index in [1.807, 2.05) is 0 Å². The third-order valence-corrected chi connectivity index (χ3v) is 6.46. The zero-order valence-electron chi connectivity index (χ0n) is 17.8. The van der Waals surface area contributed by atoms with Crippen molar-refractivity contribution in [3.05, 3.63) is 89.5 Å². The molecule has 0 bridgehead atoms. The van der Waals surface area contributed by atoms with Gasteiger partial charge in [-0.3, -0.25) is 0 Å². The Morgan fingerprint density at radius 3 is 1.83 bits per heavy atom. The van der Waals surface area contributed by atoms with Crippen LogP contribution < -0.4 is 0 Å². The lowest BCUT2D eigenvalue weighted by Crippen LogP contribution is -1.94. The van der Waals surface area contributed by atoms with E-state index >= 15 is 0 Å². The highest BCUT2D eigenvalue weighted by Crippen LogP contribution is 2.38. The molecular weight excluding hydrogens is 364 g/mol. The number of hydrogen-bond donors (Lipinski definition) is 0. The molecule has 0 saturated carbocycles. The Hall–Kier alpha value is -3.52. The molecule has 0 atom stereocenters. The molecule has 146 valence electrons. The summed E-state index contributed by atoms with van der Waals surface area (Å²) < 4.78 is 4.74. The summed E-state index contributed by atoms with van der Waals surface area (Å²) in [6, 6.07) is 27.1. The normalized spacial score (nSPS) is 12.0. The van der Waals surface area contributed by atoms with Crippen LogP contribution >= 0.6 is 0 Å². The summed E-state index contributed by atoms with van der Waals surface area (Å²) in [5, 5.41) is 5.29. The molecule has 6 aromatic rings. The van der Waals surface area contributed by atoms with Crippen LogP contribution in [0.25, 0.3) is 49.3 Å². The minimum Gasteiger partial charge on any atom is -0.344 e. The van der Waals surface area contributed by atoms with Crippen molar-refractivity contribution in [3.63, 3.8) is 0 Å². The Labute approximate surface area is 176 Å². The van der Waals surface area contributed by atoms with Crippen LogP contribution in [0.15, 0.2) is 72.8 Å². The fourth-order valence-corrected chi connectivity index (χ4v) is 4.99. The van der Waals surface area contributed by atoms with Crippen LogP contribution in [0, 0.1) is 20.8 Å². The number of rotatable bonds is 1. The molecule has 2 nitrogen and oxygen atoms in total. The first-order valence-electron chi connectivity index (χ1n) is 10.5. The van der Waals surface area contributed by atoms with E-state index in [0.29, 0.717) is 0 Å². The third-order valence-electron chi connectivity index (χ3n) is 6.46. The van der Waals surface area contributed by atoms with Gasteiger partial charge in [0, 0.05) is 39.8 Å². The summed E-state index contributed by atoms with van der Waals surface area (Å²) in [5.74, 6) is 0.